The largest absolute Gasteiger partial charge is 0.346 e. The SMILES string of the molecule is C[C@H]1CCCN(c2nnc(NC(=O)NCc3ccccc3)s2)C1. The summed E-state index contributed by atoms with van der Waals surface area (Å²) >= 11 is 1.42. The number of aromatic nitrogens is 2. The number of hydrogen-bond acceptors (Lipinski definition) is 5. The predicted molar refractivity (Wildman–Crippen MR) is 92.8 cm³/mol. The average molecular weight is 331 g/mol. The number of carbonyl (C=O) groups excluding carboxylic acids is 1. The zero-order chi connectivity index (χ0) is 16.1. The predicted octanol–water partition coefficient (Wildman–Crippen LogP) is 3.10. The Balaban J connectivity index is 1.51. The Morgan fingerprint density at radius 3 is 2.96 bits per heavy atom. The van der Waals surface area contributed by atoms with Crippen molar-refractivity contribution in [1.29, 1.82) is 0 Å². The highest BCUT2D eigenvalue weighted by molar-refractivity contribution is 7.19. The molecule has 1 fully saturated rings. The zero-order valence-corrected chi connectivity index (χ0v) is 14.0. The molecule has 2 amide bonds. The average Bonchev–Trinajstić information content (AvgIpc) is 3.02. The number of rotatable bonds is 4. The second-order valence-electron chi connectivity index (χ2n) is 5.88. The van der Waals surface area contributed by atoms with E-state index < -0.39 is 0 Å². The van der Waals surface area contributed by atoms with Crippen LogP contribution in [0.25, 0.3) is 0 Å². The zero-order valence-electron chi connectivity index (χ0n) is 13.2. The van der Waals surface area contributed by atoms with Gasteiger partial charge in [-0.25, -0.2) is 4.79 Å². The molecule has 23 heavy (non-hydrogen) atoms. The number of hydrogen-bond donors (Lipinski definition) is 2. The van der Waals surface area contributed by atoms with Gasteiger partial charge in [-0.15, -0.1) is 10.2 Å². The number of piperidine rings is 1. The van der Waals surface area contributed by atoms with E-state index in [9.17, 15) is 4.79 Å². The lowest BCUT2D eigenvalue weighted by atomic mass is 10.0. The van der Waals surface area contributed by atoms with E-state index in [2.05, 4.69) is 32.7 Å². The van der Waals surface area contributed by atoms with Crippen LogP contribution in [0.1, 0.15) is 25.3 Å². The lowest BCUT2D eigenvalue weighted by Gasteiger charge is -2.29. The Kier molecular flexibility index (Phi) is 5.07. The van der Waals surface area contributed by atoms with Crippen LogP contribution in [0.3, 0.4) is 0 Å². The molecule has 1 atom stereocenters. The van der Waals surface area contributed by atoms with E-state index in [1.54, 1.807) is 0 Å². The van der Waals surface area contributed by atoms with Crippen LogP contribution in [0.15, 0.2) is 30.3 Å². The molecule has 2 N–H and O–H groups in total. The summed E-state index contributed by atoms with van der Waals surface area (Å²) < 4.78 is 0. The molecule has 1 aliphatic heterocycles. The van der Waals surface area contributed by atoms with Crippen LogP contribution >= 0.6 is 11.3 Å². The topological polar surface area (TPSA) is 70.2 Å². The van der Waals surface area contributed by atoms with Crippen molar-refractivity contribution in [3.8, 4) is 0 Å². The van der Waals surface area contributed by atoms with Crippen molar-refractivity contribution < 1.29 is 4.79 Å². The Morgan fingerprint density at radius 1 is 1.35 bits per heavy atom. The van der Waals surface area contributed by atoms with Gasteiger partial charge in [0, 0.05) is 19.6 Å². The van der Waals surface area contributed by atoms with Crippen molar-refractivity contribution in [2.75, 3.05) is 23.3 Å². The Bertz CT molecular complexity index is 645. The summed E-state index contributed by atoms with van der Waals surface area (Å²) in [6.45, 7) is 4.76. The van der Waals surface area contributed by atoms with E-state index in [-0.39, 0.29) is 6.03 Å². The Labute approximate surface area is 139 Å². The minimum atomic E-state index is -0.261. The summed E-state index contributed by atoms with van der Waals surface area (Å²) in [7, 11) is 0. The fourth-order valence-corrected chi connectivity index (χ4v) is 3.45. The third-order valence-electron chi connectivity index (χ3n) is 3.86. The Morgan fingerprint density at radius 2 is 2.17 bits per heavy atom. The molecule has 0 unspecified atom stereocenters. The van der Waals surface area contributed by atoms with Crippen molar-refractivity contribution in [3.05, 3.63) is 35.9 Å². The van der Waals surface area contributed by atoms with Crippen LogP contribution in [-0.4, -0.2) is 29.3 Å². The van der Waals surface area contributed by atoms with Crippen molar-refractivity contribution >= 4 is 27.6 Å². The molecule has 7 heteroatoms. The number of benzene rings is 1. The minimum Gasteiger partial charge on any atom is -0.346 e. The van der Waals surface area contributed by atoms with Gasteiger partial charge in [-0.05, 0) is 24.3 Å². The smallest absolute Gasteiger partial charge is 0.321 e. The maximum absolute atomic E-state index is 11.9. The van der Waals surface area contributed by atoms with Crippen LogP contribution in [0.4, 0.5) is 15.1 Å². The molecular weight excluding hydrogens is 310 g/mol. The summed E-state index contributed by atoms with van der Waals surface area (Å²) in [5.41, 5.74) is 1.06. The van der Waals surface area contributed by atoms with Crippen molar-refractivity contribution in [2.24, 2.45) is 5.92 Å². The second kappa shape index (κ2) is 7.41. The molecule has 0 spiro atoms. The summed E-state index contributed by atoms with van der Waals surface area (Å²) in [5.74, 6) is 0.679. The van der Waals surface area contributed by atoms with Gasteiger partial charge in [0.15, 0.2) is 0 Å². The molecule has 6 nitrogen and oxygen atoms in total. The number of amides is 2. The summed E-state index contributed by atoms with van der Waals surface area (Å²) in [6.07, 6.45) is 2.45. The van der Waals surface area contributed by atoms with E-state index in [4.69, 9.17) is 0 Å². The normalized spacial score (nSPS) is 17.8. The molecule has 0 saturated carbocycles. The molecule has 1 aliphatic rings. The van der Waals surface area contributed by atoms with Crippen LogP contribution in [0, 0.1) is 5.92 Å². The highest BCUT2D eigenvalue weighted by Crippen LogP contribution is 2.28. The molecule has 1 aromatic heterocycles. The molecule has 2 heterocycles. The van der Waals surface area contributed by atoms with E-state index in [0.717, 1.165) is 23.8 Å². The maximum atomic E-state index is 11.9. The minimum absolute atomic E-state index is 0.261. The first-order chi connectivity index (χ1) is 11.2. The maximum Gasteiger partial charge on any atom is 0.321 e. The highest BCUT2D eigenvalue weighted by Gasteiger charge is 2.20. The second-order valence-corrected chi connectivity index (χ2v) is 6.83. The standard InChI is InChI=1S/C16H21N5OS/c1-12-6-5-9-21(11-12)16-20-19-15(23-16)18-14(22)17-10-13-7-3-2-4-8-13/h2-4,7-8,12H,5-6,9-11H2,1H3,(H2,17,18,19,22)/t12-/m0/s1. The quantitative estimate of drug-likeness (QED) is 0.903. The van der Waals surface area contributed by atoms with Crippen LogP contribution in [0.2, 0.25) is 0 Å². The Hall–Kier alpha value is -2.15. The monoisotopic (exact) mass is 331 g/mol. The van der Waals surface area contributed by atoms with Gasteiger partial charge >= 0.3 is 6.03 Å². The first-order valence-electron chi connectivity index (χ1n) is 7.88. The van der Waals surface area contributed by atoms with Crippen LogP contribution in [0.5, 0.6) is 0 Å². The van der Waals surface area contributed by atoms with Crippen LogP contribution in [-0.2, 0) is 6.54 Å². The number of nitrogens with zero attached hydrogens (tertiary/aromatic N) is 3. The van der Waals surface area contributed by atoms with E-state index in [1.165, 1.54) is 24.2 Å². The van der Waals surface area contributed by atoms with Gasteiger partial charge in [-0.2, -0.15) is 0 Å². The first-order valence-corrected chi connectivity index (χ1v) is 8.69. The van der Waals surface area contributed by atoms with Gasteiger partial charge in [0.25, 0.3) is 0 Å². The molecule has 3 rings (SSSR count). The third-order valence-corrected chi connectivity index (χ3v) is 4.76. The highest BCUT2D eigenvalue weighted by atomic mass is 32.1. The summed E-state index contributed by atoms with van der Waals surface area (Å²) in [5, 5.41) is 15.2. The van der Waals surface area contributed by atoms with Gasteiger partial charge in [-0.1, -0.05) is 48.6 Å². The van der Waals surface area contributed by atoms with Gasteiger partial charge < -0.3 is 10.2 Å². The summed E-state index contributed by atoms with van der Waals surface area (Å²) in [4.78, 5) is 14.2. The lowest BCUT2D eigenvalue weighted by molar-refractivity contribution is 0.251. The van der Waals surface area contributed by atoms with Crippen molar-refractivity contribution in [3.63, 3.8) is 0 Å². The van der Waals surface area contributed by atoms with Gasteiger partial charge in [0.05, 0.1) is 0 Å². The van der Waals surface area contributed by atoms with E-state index in [0.29, 0.717) is 17.6 Å². The van der Waals surface area contributed by atoms with Gasteiger partial charge in [0.2, 0.25) is 10.3 Å². The lowest BCUT2D eigenvalue weighted by Crippen LogP contribution is -2.34. The molecule has 0 radical (unpaired) electrons. The van der Waals surface area contributed by atoms with Crippen molar-refractivity contribution in [1.82, 2.24) is 15.5 Å². The molecule has 1 saturated heterocycles. The van der Waals surface area contributed by atoms with E-state index in [1.807, 2.05) is 30.3 Å². The van der Waals surface area contributed by atoms with Gasteiger partial charge in [-0.3, -0.25) is 5.32 Å². The fraction of sp³-hybridized carbons (Fsp3) is 0.438. The molecule has 0 bridgehead atoms. The number of carbonyl (C=O) groups is 1. The third kappa shape index (κ3) is 4.41. The van der Waals surface area contributed by atoms with Crippen LogP contribution < -0.4 is 15.5 Å². The van der Waals surface area contributed by atoms with Gasteiger partial charge in [0.1, 0.15) is 0 Å². The number of anilines is 2. The molecular formula is C16H21N5OS. The molecule has 0 aliphatic carbocycles. The fourth-order valence-electron chi connectivity index (χ4n) is 2.68. The number of urea groups is 1. The van der Waals surface area contributed by atoms with Crippen molar-refractivity contribution in [2.45, 2.75) is 26.3 Å². The molecule has 1 aromatic carbocycles. The molecule has 2 aromatic rings. The first kappa shape index (κ1) is 15.7. The van der Waals surface area contributed by atoms with E-state index >= 15 is 0 Å². The summed E-state index contributed by atoms with van der Waals surface area (Å²) in [6, 6.07) is 9.54. The number of nitrogens with one attached hydrogen (secondary N) is 2. The molecule has 122 valence electrons.